The van der Waals surface area contributed by atoms with Crippen LogP contribution in [0.1, 0.15) is 36.3 Å². The van der Waals surface area contributed by atoms with Crippen molar-refractivity contribution in [1.82, 2.24) is 10.2 Å². The predicted molar refractivity (Wildman–Crippen MR) is 93.5 cm³/mol. The van der Waals surface area contributed by atoms with Crippen molar-refractivity contribution in [2.45, 2.75) is 37.8 Å². The van der Waals surface area contributed by atoms with E-state index in [9.17, 15) is 4.79 Å². The average Bonchev–Trinajstić information content (AvgIpc) is 2.96. The summed E-state index contributed by atoms with van der Waals surface area (Å²) in [6, 6.07) is 4.07. The largest absolute Gasteiger partial charge is 0.493 e. The fourth-order valence-electron chi connectivity index (χ4n) is 3.72. The number of hydrogen-bond acceptors (Lipinski definition) is 4. The molecule has 1 aliphatic heterocycles. The van der Waals surface area contributed by atoms with Gasteiger partial charge in [-0.05, 0) is 31.5 Å². The first-order valence-electron chi connectivity index (χ1n) is 8.47. The Morgan fingerprint density at radius 1 is 1.42 bits per heavy atom. The third kappa shape index (κ3) is 2.88. The van der Waals surface area contributed by atoms with Crippen LogP contribution >= 0.6 is 0 Å². The summed E-state index contributed by atoms with van der Waals surface area (Å²) < 4.78 is 11.8. The van der Waals surface area contributed by atoms with Gasteiger partial charge in [0.2, 0.25) is 5.91 Å². The molecule has 5 nitrogen and oxygen atoms in total. The van der Waals surface area contributed by atoms with Crippen molar-refractivity contribution >= 4 is 5.91 Å². The maximum Gasteiger partial charge on any atom is 0.226 e. The first kappa shape index (κ1) is 16.8. The number of carbonyl (C=O) groups excluding carboxylic acids is 1. The van der Waals surface area contributed by atoms with Crippen LogP contribution in [0.5, 0.6) is 11.5 Å². The van der Waals surface area contributed by atoms with Crippen LogP contribution < -0.4 is 14.8 Å². The first-order valence-corrected chi connectivity index (χ1v) is 8.47. The van der Waals surface area contributed by atoms with E-state index >= 15 is 0 Å². The molecule has 1 aromatic rings. The minimum atomic E-state index is 0.0990. The van der Waals surface area contributed by atoms with Gasteiger partial charge in [-0.25, -0.2) is 0 Å². The van der Waals surface area contributed by atoms with Crippen molar-refractivity contribution in [3.63, 3.8) is 0 Å². The summed E-state index contributed by atoms with van der Waals surface area (Å²) >= 11 is 0. The van der Waals surface area contributed by atoms with Crippen LogP contribution in [-0.4, -0.2) is 45.2 Å². The number of carbonyl (C=O) groups is 1. The van der Waals surface area contributed by atoms with Crippen LogP contribution in [0, 0.1) is 0 Å². The van der Waals surface area contributed by atoms with Crippen molar-refractivity contribution in [2.75, 3.05) is 28.3 Å². The number of amides is 1. The smallest absolute Gasteiger partial charge is 0.226 e. The second-order valence-corrected chi connectivity index (χ2v) is 6.66. The summed E-state index contributed by atoms with van der Waals surface area (Å²) in [6.45, 7) is 0.772. The molecule has 1 aliphatic carbocycles. The Bertz CT molecular complexity index is 667. The molecule has 0 fully saturated rings. The maximum absolute atomic E-state index is 12.3. The van der Waals surface area contributed by atoms with Crippen LogP contribution in [0.3, 0.4) is 0 Å². The Kier molecular flexibility index (Phi) is 4.81. The van der Waals surface area contributed by atoms with Gasteiger partial charge in [0.05, 0.1) is 7.11 Å². The molecule has 0 spiro atoms. The van der Waals surface area contributed by atoms with Crippen molar-refractivity contribution in [1.29, 1.82) is 0 Å². The van der Waals surface area contributed by atoms with E-state index in [1.165, 1.54) is 16.7 Å². The highest BCUT2D eigenvalue weighted by molar-refractivity contribution is 5.79. The summed E-state index contributed by atoms with van der Waals surface area (Å²) in [4.78, 5) is 13.9. The van der Waals surface area contributed by atoms with E-state index in [0.717, 1.165) is 30.9 Å². The average molecular weight is 330 g/mol. The van der Waals surface area contributed by atoms with Crippen molar-refractivity contribution < 1.29 is 14.3 Å². The molecule has 2 atom stereocenters. The van der Waals surface area contributed by atoms with Gasteiger partial charge in [-0.1, -0.05) is 17.7 Å². The summed E-state index contributed by atoms with van der Waals surface area (Å²) in [5.74, 6) is 1.91. The molecule has 1 heterocycles. The van der Waals surface area contributed by atoms with Crippen LogP contribution in [0.15, 0.2) is 23.8 Å². The monoisotopic (exact) mass is 330 g/mol. The number of rotatable bonds is 5. The molecular weight excluding hydrogens is 304 g/mol. The summed E-state index contributed by atoms with van der Waals surface area (Å²) in [7, 11) is 7.22. The molecule has 1 unspecified atom stereocenters. The van der Waals surface area contributed by atoms with E-state index < -0.39 is 0 Å². The second kappa shape index (κ2) is 6.85. The highest BCUT2D eigenvalue weighted by Crippen LogP contribution is 2.52. The lowest BCUT2D eigenvalue weighted by Crippen LogP contribution is -2.28. The molecule has 3 rings (SSSR count). The van der Waals surface area contributed by atoms with Gasteiger partial charge < -0.3 is 19.7 Å². The fraction of sp³-hybridized carbons (Fsp3) is 0.526. The van der Waals surface area contributed by atoms with Gasteiger partial charge in [0, 0.05) is 38.5 Å². The van der Waals surface area contributed by atoms with Gasteiger partial charge in [-0.2, -0.15) is 0 Å². The SMILES string of the molecule is CNCc1ccc(OC)c2c1C1C(CC(=O)N(C)C)=CCC[C@@H]1O2. The first-order chi connectivity index (χ1) is 11.6. The normalized spacial score (nSPS) is 21.4. The molecule has 0 saturated carbocycles. The number of nitrogens with zero attached hydrogens (tertiary/aromatic N) is 1. The zero-order chi connectivity index (χ0) is 17.3. The number of ether oxygens (including phenoxy) is 2. The molecule has 2 aliphatic rings. The molecular formula is C19H26N2O3. The minimum Gasteiger partial charge on any atom is -0.493 e. The van der Waals surface area contributed by atoms with Gasteiger partial charge in [0.15, 0.2) is 11.5 Å². The quantitative estimate of drug-likeness (QED) is 0.843. The van der Waals surface area contributed by atoms with Crippen molar-refractivity contribution in [2.24, 2.45) is 0 Å². The fourth-order valence-corrected chi connectivity index (χ4v) is 3.72. The lowest BCUT2D eigenvalue weighted by atomic mass is 9.78. The summed E-state index contributed by atoms with van der Waals surface area (Å²) in [5, 5.41) is 3.23. The predicted octanol–water partition coefficient (Wildman–Crippen LogP) is 2.46. The lowest BCUT2D eigenvalue weighted by molar-refractivity contribution is -0.128. The third-order valence-corrected chi connectivity index (χ3v) is 4.90. The molecule has 0 radical (unpaired) electrons. The van der Waals surface area contributed by atoms with Gasteiger partial charge in [0.25, 0.3) is 0 Å². The minimum absolute atomic E-state index is 0.0990. The van der Waals surface area contributed by atoms with Crippen molar-refractivity contribution in [3.8, 4) is 11.5 Å². The molecule has 1 N–H and O–H groups in total. The molecule has 0 aromatic heterocycles. The zero-order valence-electron chi connectivity index (χ0n) is 14.9. The highest BCUT2D eigenvalue weighted by atomic mass is 16.5. The summed E-state index contributed by atoms with van der Waals surface area (Å²) in [6.07, 6.45) is 4.70. The van der Waals surface area contributed by atoms with E-state index in [4.69, 9.17) is 9.47 Å². The molecule has 0 bridgehead atoms. The van der Waals surface area contributed by atoms with E-state index in [-0.39, 0.29) is 17.9 Å². The maximum atomic E-state index is 12.3. The van der Waals surface area contributed by atoms with Crippen LogP contribution in [0.2, 0.25) is 0 Å². The number of methoxy groups -OCH3 is 1. The Morgan fingerprint density at radius 2 is 2.21 bits per heavy atom. The van der Waals surface area contributed by atoms with Gasteiger partial charge in [0.1, 0.15) is 6.10 Å². The van der Waals surface area contributed by atoms with E-state index in [1.54, 1.807) is 26.1 Å². The number of benzene rings is 1. The topological polar surface area (TPSA) is 50.8 Å². The Balaban J connectivity index is 2.02. The standard InChI is InChI=1S/C19H26N2O3/c1-20-11-13-8-9-15(23-4)19-18(13)17-12(10-16(22)21(2)3)6-5-7-14(17)24-19/h6,8-9,14,17,20H,5,7,10-11H2,1-4H3/t14-,17?/m0/s1. The molecule has 1 aromatic carbocycles. The van der Waals surface area contributed by atoms with Gasteiger partial charge >= 0.3 is 0 Å². The Hall–Kier alpha value is -2.01. The van der Waals surface area contributed by atoms with Crippen LogP contribution in [-0.2, 0) is 11.3 Å². The molecule has 5 heteroatoms. The molecule has 130 valence electrons. The van der Waals surface area contributed by atoms with Gasteiger partial charge in [-0.3, -0.25) is 4.79 Å². The zero-order valence-corrected chi connectivity index (χ0v) is 14.9. The van der Waals surface area contributed by atoms with Gasteiger partial charge in [-0.15, -0.1) is 0 Å². The van der Waals surface area contributed by atoms with Crippen LogP contribution in [0.4, 0.5) is 0 Å². The molecule has 24 heavy (non-hydrogen) atoms. The third-order valence-electron chi connectivity index (χ3n) is 4.90. The van der Waals surface area contributed by atoms with E-state index in [1.807, 2.05) is 13.1 Å². The highest BCUT2D eigenvalue weighted by Gasteiger charge is 2.41. The molecule has 0 saturated heterocycles. The van der Waals surface area contributed by atoms with Crippen LogP contribution in [0.25, 0.3) is 0 Å². The number of fused-ring (bicyclic) bond motifs is 3. The Labute approximate surface area is 143 Å². The van der Waals surface area contributed by atoms with Crippen molar-refractivity contribution in [3.05, 3.63) is 34.9 Å². The molecule has 1 amide bonds. The number of hydrogen-bond donors (Lipinski definition) is 1. The summed E-state index contributed by atoms with van der Waals surface area (Å²) in [5.41, 5.74) is 3.58. The number of nitrogens with one attached hydrogen (secondary N) is 1. The number of allylic oxidation sites excluding steroid dienone is 1. The lowest BCUT2D eigenvalue weighted by Gasteiger charge is -2.27. The van der Waals surface area contributed by atoms with E-state index in [2.05, 4.69) is 17.5 Å². The van der Waals surface area contributed by atoms with E-state index in [0.29, 0.717) is 6.42 Å². The second-order valence-electron chi connectivity index (χ2n) is 6.66. The Morgan fingerprint density at radius 3 is 2.88 bits per heavy atom.